The van der Waals surface area contributed by atoms with Crippen LogP contribution in [0.25, 0.3) is 0 Å². The zero-order valence-electron chi connectivity index (χ0n) is 7.43. The highest BCUT2D eigenvalue weighted by Gasteiger charge is 2.12. The molecule has 1 fully saturated rings. The van der Waals surface area contributed by atoms with E-state index in [0.717, 1.165) is 19.6 Å². The van der Waals surface area contributed by atoms with Crippen molar-refractivity contribution in [2.24, 2.45) is 0 Å². The van der Waals surface area contributed by atoms with E-state index in [2.05, 4.69) is 22.6 Å². The summed E-state index contributed by atoms with van der Waals surface area (Å²) >= 11 is 2.39. The van der Waals surface area contributed by atoms with Gasteiger partial charge in [0.2, 0.25) is 0 Å². The van der Waals surface area contributed by atoms with Gasteiger partial charge < -0.3 is 9.47 Å². The molecule has 1 saturated heterocycles. The average molecular weight is 284 g/mol. The molecule has 0 saturated carbocycles. The molecule has 0 aromatic rings. The molecule has 2 nitrogen and oxygen atoms in total. The van der Waals surface area contributed by atoms with Crippen molar-refractivity contribution in [3.63, 3.8) is 0 Å². The van der Waals surface area contributed by atoms with Crippen LogP contribution in [0.3, 0.4) is 0 Å². The van der Waals surface area contributed by atoms with Crippen LogP contribution in [-0.4, -0.2) is 23.9 Å². The summed E-state index contributed by atoms with van der Waals surface area (Å²) < 4.78 is 12.2. The third kappa shape index (κ3) is 4.62. The predicted octanol–water partition coefficient (Wildman–Crippen LogP) is 2.74. The van der Waals surface area contributed by atoms with Crippen LogP contribution in [0.2, 0.25) is 0 Å². The molecule has 1 aliphatic rings. The van der Waals surface area contributed by atoms with Crippen molar-refractivity contribution in [1.29, 1.82) is 0 Å². The topological polar surface area (TPSA) is 18.5 Å². The second kappa shape index (κ2) is 7.09. The number of rotatable bonds is 5. The van der Waals surface area contributed by atoms with Crippen LogP contribution in [0.5, 0.6) is 0 Å². The van der Waals surface area contributed by atoms with Gasteiger partial charge in [0.1, 0.15) is 0 Å². The Morgan fingerprint density at radius 2 is 2.25 bits per heavy atom. The molecular weight excluding hydrogens is 267 g/mol. The lowest BCUT2D eigenvalue weighted by atomic mass is 10.2. The first kappa shape index (κ1) is 10.7. The van der Waals surface area contributed by atoms with Crippen molar-refractivity contribution in [2.45, 2.75) is 38.4 Å². The van der Waals surface area contributed by atoms with Gasteiger partial charge in [-0.15, -0.1) is 0 Å². The number of ether oxygens (including phenoxy) is 2. The highest BCUT2D eigenvalue weighted by molar-refractivity contribution is 14.1. The Morgan fingerprint density at radius 1 is 1.33 bits per heavy atom. The first-order valence-corrected chi connectivity index (χ1v) is 6.25. The molecular formula is C9H17IO2. The summed E-state index contributed by atoms with van der Waals surface area (Å²) in [6, 6.07) is 0. The summed E-state index contributed by atoms with van der Waals surface area (Å²) in [5, 5.41) is 0. The molecule has 0 amide bonds. The van der Waals surface area contributed by atoms with E-state index in [1.165, 1.54) is 30.1 Å². The Labute approximate surface area is 88.1 Å². The molecule has 1 atom stereocenters. The summed E-state index contributed by atoms with van der Waals surface area (Å²) in [4.78, 5) is 0. The van der Waals surface area contributed by atoms with E-state index in [0.29, 0.717) is 0 Å². The maximum absolute atomic E-state index is 5.56. The number of unbranched alkanes of at least 4 members (excludes halogenated alkanes) is 1. The largest absolute Gasteiger partial charge is 0.353 e. The Hall–Kier alpha value is 0.650. The van der Waals surface area contributed by atoms with E-state index in [9.17, 15) is 0 Å². The molecule has 12 heavy (non-hydrogen) atoms. The predicted molar refractivity (Wildman–Crippen MR) is 57.7 cm³/mol. The van der Waals surface area contributed by atoms with Gasteiger partial charge in [-0.3, -0.25) is 0 Å². The fourth-order valence-electron chi connectivity index (χ4n) is 1.25. The van der Waals surface area contributed by atoms with Gasteiger partial charge in [0, 0.05) is 13.2 Å². The van der Waals surface area contributed by atoms with Crippen molar-refractivity contribution in [1.82, 2.24) is 0 Å². The summed E-state index contributed by atoms with van der Waals surface area (Å²) in [6.45, 7) is 1.75. The van der Waals surface area contributed by atoms with Gasteiger partial charge in [-0.1, -0.05) is 22.6 Å². The van der Waals surface area contributed by atoms with Gasteiger partial charge in [-0.05, 0) is 36.5 Å². The van der Waals surface area contributed by atoms with Gasteiger partial charge in [-0.25, -0.2) is 0 Å². The van der Waals surface area contributed by atoms with Crippen molar-refractivity contribution >= 4 is 22.6 Å². The Balaban J connectivity index is 1.91. The molecule has 0 aromatic carbocycles. The minimum absolute atomic E-state index is 0.105. The molecule has 0 bridgehead atoms. The Morgan fingerprint density at radius 3 is 2.92 bits per heavy atom. The molecule has 0 spiro atoms. The highest BCUT2D eigenvalue weighted by atomic mass is 127. The van der Waals surface area contributed by atoms with Crippen LogP contribution in [0.4, 0.5) is 0 Å². The van der Waals surface area contributed by atoms with E-state index in [1.54, 1.807) is 0 Å². The maximum Gasteiger partial charge on any atom is 0.157 e. The zero-order valence-corrected chi connectivity index (χ0v) is 9.59. The van der Waals surface area contributed by atoms with Gasteiger partial charge >= 0.3 is 0 Å². The first-order chi connectivity index (χ1) is 5.93. The second-order valence-electron chi connectivity index (χ2n) is 3.06. The lowest BCUT2D eigenvalue weighted by molar-refractivity contribution is -0.162. The van der Waals surface area contributed by atoms with Crippen molar-refractivity contribution in [3.8, 4) is 0 Å². The average Bonchev–Trinajstić information content (AvgIpc) is 2.14. The summed E-state index contributed by atoms with van der Waals surface area (Å²) in [5.41, 5.74) is 0. The highest BCUT2D eigenvalue weighted by Crippen LogP contribution is 2.13. The minimum Gasteiger partial charge on any atom is -0.353 e. The van der Waals surface area contributed by atoms with E-state index in [1.807, 2.05) is 0 Å². The van der Waals surface area contributed by atoms with Gasteiger partial charge in [-0.2, -0.15) is 0 Å². The van der Waals surface area contributed by atoms with Crippen molar-refractivity contribution in [2.75, 3.05) is 17.6 Å². The fourth-order valence-corrected chi connectivity index (χ4v) is 1.79. The molecule has 0 radical (unpaired) electrons. The Bertz CT molecular complexity index is 103. The third-order valence-electron chi connectivity index (χ3n) is 1.97. The smallest absolute Gasteiger partial charge is 0.157 e. The monoisotopic (exact) mass is 284 g/mol. The van der Waals surface area contributed by atoms with Crippen molar-refractivity contribution < 1.29 is 9.47 Å². The van der Waals surface area contributed by atoms with Crippen LogP contribution < -0.4 is 0 Å². The van der Waals surface area contributed by atoms with E-state index < -0.39 is 0 Å². The summed E-state index contributed by atoms with van der Waals surface area (Å²) in [6.07, 6.45) is 6.08. The molecule has 0 aromatic heterocycles. The molecule has 0 aliphatic carbocycles. The number of halogens is 1. The van der Waals surface area contributed by atoms with E-state index in [-0.39, 0.29) is 6.29 Å². The molecule has 0 N–H and O–H groups in total. The summed E-state index contributed by atoms with van der Waals surface area (Å²) in [5.74, 6) is 0. The standard InChI is InChI=1S/C9H17IO2/c10-6-2-4-8-12-9-5-1-3-7-11-9/h9H,1-8H2. The number of hydrogen-bond donors (Lipinski definition) is 0. The molecule has 1 unspecified atom stereocenters. The van der Waals surface area contributed by atoms with Gasteiger partial charge in [0.05, 0.1) is 0 Å². The Kier molecular flexibility index (Phi) is 6.34. The minimum atomic E-state index is 0.105. The van der Waals surface area contributed by atoms with Crippen molar-refractivity contribution in [3.05, 3.63) is 0 Å². The van der Waals surface area contributed by atoms with E-state index >= 15 is 0 Å². The van der Waals surface area contributed by atoms with Gasteiger partial charge in [0.25, 0.3) is 0 Å². The van der Waals surface area contributed by atoms with Crippen LogP contribution in [0, 0.1) is 0 Å². The molecule has 1 heterocycles. The number of alkyl halides is 1. The van der Waals surface area contributed by atoms with Crippen LogP contribution >= 0.6 is 22.6 Å². The first-order valence-electron chi connectivity index (χ1n) is 4.72. The zero-order chi connectivity index (χ0) is 8.65. The molecule has 72 valence electrons. The molecule has 3 heteroatoms. The van der Waals surface area contributed by atoms with Gasteiger partial charge in [0.15, 0.2) is 6.29 Å². The normalized spacial score (nSPS) is 24.2. The van der Waals surface area contributed by atoms with Crippen LogP contribution in [0.1, 0.15) is 32.1 Å². The third-order valence-corrected chi connectivity index (χ3v) is 2.73. The SMILES string of the molecule is ICCCCOC1CCCCO1. The molecule has 1 rings (SSSR count). The van der Waals surface area contributed by atoms with E-state index in [4.69, 9.17) is 9.47 Å². The maximum atomic E-state index is 5.56. The lowest BCUT2D eigenvalue weighted by Crippen LogP contribution is -2.22. The molecule has 1 aliphatic heterocycles. The fraction of sp³-hybridized carbons (Fsp3) is 1.00. The van der Waals surface area contributed by atoms with Crippen LogP contribution in [-0.2, 0) is 9.47 Å². The quantitative estimate of drug-likeness (QED) is 0.439. The number of hydrogen-bond acceptors (Lipinski definition) is 2. The lowest BCUT2D eigenvalue weighted by Gasteiger charge is -2.22. The second-order valence-corrected chi connectivity index (χ2v) is 4.14. The summed E-state index contributed by atoms with van der Waals surface area (Å²) in [7, 11) is 0. The van der Waals surface area contributed by atoms with Crippen LogP contribution in [0.15, 0.2) is 0 Å².